The summed E-state index contributed by atoms with van der Waals surface area (Å²) in [6, 6.07) is 9.69. The number of carbonyl (C=O) groups excluding carboxylic acids is 1. The summed E-state index contributed by atoms with van der Waals surface area (Å²) in [5, 5.41) is 7.28. The molecule has 26 heavy (non-hydrogen) atoms. The molecule has 1 N–H and O–H groups in total. The predicted molar refractivity (Wildman–Crippen MR) is 100 cm³/mol. The van der Waals surface area contributed by atoms with Crippen LogP contribution in [0.2, 0.25) is 0 Å². The Hall–Kier alpha value is -2.18. The Balaban J connectivity index is 1.26. The van der Waals surface area contributed by atoms with E-state index in [2.05, 4.69) is 15.3 Å². The molecule has 0 spiro atoms. The number of rotatable bonds is 5. The van der Waals surface area contributed by atoms with Crippen LogP contribution in [0, 0.1) is 11.8 Å². The molecule has 3 heterocycles. The van der Waals surface area contributed by atoms with E-state index in [4.69, 9.17) is 4.74 Å². The van der Waals surface area contributed by atoms with Crippen LogP contribution in [-0.4, -0.2) is 53.4 Å². The minimum absolute atomic E-state index is 0.108. The highest BCUT2D eigenvalue weighted by molar-refractivity contribution is 5.92. The number of anilines is 1. The SMILES string of the molecule is O=C(Nc1ccc(-n2cccn2)cc1)C1CCN(CC2CCOC2)CC1. The zero-order chi connectivity index (χ0) is 17.8. The Morgan fingerprint density at radius 3 is 2.65 bits per heavy atom. The average molecular weight is 354 g/mol. The van der Waals surface area contributed by atoms with E-state index in [1.54, 1.807) is 10.9 Å². The van der Waals surface area contributed by atoms with Crippen LogP contribution in [0.1, 0.15) is 19.3 Å². The van der Waals surface area contributed by atoms with Crippen molar-refractivity contribution in [3.63, 3.8) is 0 Å². The quantitative estimate of drug-likeness (QED) is 0.896. The van der Waals surface area contributed by atoms with Gasteiger partial charge in [-0.2, -0.15) is 5.10 Å². The number of likely N-dealkylation sites (tertiary alicyclic amines) is 1. The molecule has 0 aliphatic carbocycles. The second kappa shape index (κ2) is 8.01. The van der Waals surface area contributed by atoms with E-state index in [-0.39, 0.29) is 11.8 Å². The van der Waals surface area contributed by atoms with Crippen molar-refractivity contribution in [2.24, 2.45) is 11.8 Å². The average Bonchev–Trinajstić information content (AvgIpc) is 3.37. The van der Waals surface area contributed by atoms with Gasteiger partial charge in [0.25, 0.3) is 0 Å². The standard InChI is InChI=1S/C20H26N4O2/c25-20(17-6-11-23(12-7-17)14-16-8-13-26-15-16)22-18-2-4-19(5-3-18)24-10-1-9-21-24/h1-5,9-10,16-17H,6-8,11-15H2,(H,22,25). The highest BCUT2D eigenvalue weighted by Crippen LogP contribution is 2.22. The van der Waals surface area contributed by atoms with Crippen LogP contribution in [0.4, 0.5) is 5.69 Å². The van der Waals surface area contributed by atoms with Crippen LogP contribution in [0.15, 0.2) is 42.7 Å². The Morgan fingerprint density at radius 1 is 1.19 bits per heavy atom. The molecule has 0 radical (unpaired) electrons. The van der Waals surface area contributed by atoms with E-state index in [0.29, 0.717) is 5.92 Å². The highest BCUT2D eigenvalue weighted by atomic mass is 16.5. The second-order valence-electron chi connectivity index (χ2n) is 7.29. The molecule has 0 saturated carbocycles. The van der Waals surface area contributed by atoms with Crippen molar-refractivity contribution < 1.29 is 9.53 Å². The molecule has 6 nitrogen and oxygen atoms in total. The third kappa shape index (κ3) is 4.14. The van der Waals surface area contributed by atoms with Gasteiger partial charge in [0.05, 0.1) is 12.3 Å². The van der Waals surface area contributed by atoms with Crippen LogP contribution in [-0.2, 0) is 9.53 Å². The Labute approximate surface area is 154 Å². The summed E-state index contributed by atoms with van der Waals surface area (Å²) >= 11 is 0. The van der Waals surface area contributed by atoms with Gasteiger partial charge in [-0.15, -0.1) is 0 Å². The fourth-order valence-electron chi connectivity index (χ4n) is 3.83. The molecule has 1 aromatic carbocycles. The van der Waals surface area contributed by atoms with Crippen molar-refractivity contribution in [3.05, 3.63) is 42.7 Å². The van der Waals surface area contributed by atoms with Crippen LogP contribution in [0.25, 0.3) is 5.69 Å². The maximum absolute atomic E-state index is 12.6. The summed E-state index contributed by atoms with van der Waals surface area (Å²) in [5.41, 5.74) is 1.83. The van der Waals surface area contributed by atoms with E-state index in [0.717, 1.165) is 57.1 Å². The summed E-state index contributed by atoms with van der Waals surface area (Å²) in [4.78, 5) is 15.1. The molecular weight excluding hydrogens is 328 g/mol. The first-order chi connectivity index (χ1) is 12.8. The highest BCUT2D eigenvalue weighted by Gasteiger charge is 2.27. The molecule has 2 aliphatic rings. The van der Waals surface area contributed by atoms with Crippen molar-refractivity contribution >= 4 is 11.6 Å². The molecule has 6 heteroatoms. The molecule has 2 fully saturated rings. The van der Waals surface area contributed by atoms with E-state index in [1.165, 1.54) is 6.42 Å². The minimum atomic E-state index is 0.108. The van der Waals surface area contributed by atoms with Crippen molar-refractivity contribution in [2.45, 2.75) is 19.3 Å². The molecule has 1 aromatic heterocycles. The predicted octanol–water partition coefficient (Wildman–Crippen LogP) is 2.56. The number of nitrogens with zero attached hydrogens (tertiary/aromatic N) is 3. The third-order valence-electron chi connectivity index (χ3n) is 5.40. The molecule has 138 valence electrons. The van der Waals surface area contributed by atoms with Crippen LogP contribution < -0.4 is 5.32 Å². The molecule has 1 atom stereocenters. The first-order valence-electron chi connectivity index (χ1n) is 9.49. The maximum atomic E-state index is 12.6. The Bertz CT molecular complexity index is 700. The van der Waals surface area contributed by atoms with Crippen LogP contribution in [0.5, 0.6) is 0 Å². The van der Waals surface area contributed by atoms with Crippen LogP contribution in [0.3, 0.4) is 0 Å². The topological polar surface area (TPSA) is 59.4 Å². The molecule has 2 saturated heterocycles. The van der Waals surface area contributed by atoms with Gasteiger partial charge in [-0.25, -0.2) is 4.68 Å². The van der Waals surface area contributed by atoms with Crippen molar-refractivity contribution in [1.29, 1.82) is 0 Å². The Morgan fingerprint density at radius 2 is 2.00 bits per heavy atom. The summed E-state index contributed by atoms with van der Waals surface area (Å²) in [6.45, 7) is 4.93. The molecule has 0 bridgehead atoms. The lowest BCUT2D eigenvalue weighted by molar-refractivity contribution is -0.121. The summed E-state index contributed by atoms with van der Waals surface area (Å²) in [5.74, 6) is 0.922. The number of piperidine rings is 1. The van der Waals surface area contributed by atoms with Gasteiger partial charge in [-0.05, 0) is 68.6 Å². The van der Waals surface area contributed by atoms with Gasteiger partial charge in [-0.1, -0.05) is 0 Å². The van der Waals surface area contributed by atoms with Crippen molar-refractivity contribution in [3.8, 4) is 5.69 Å². The van der Waals surface area contributed by atoms with Crippen LogP contribution >= 0.6 is 0 Å². The summed E-state index contributed by atoms with van der Waals surface area (Å²) < 4.78 is 7.26. The first-order valence-corrected chi connectivity index (χ1v) is 9.49. The zero-order valence-corrected chi connectivity index (χ0v) is 15.0. The number of benzene rings is 1. The maximum Gasteiger partial charge on any atom is 0.227 e. The summed E-state index contributed by atoms with van der Waals surface area (Å²) in [6.07, 6.45) is 6.70. The Kier molecular flexibility index (Phi) is 5.32. The van der Waals surface area contributed by atoms with Gasteiger partial charge >= 0.3 is 0 Å². The molecule has 1 unspecified atom stereocenters. The molecule has 4 rings (SSSR count). The van der Waals surface area contributed by atoms with Gasteiger partial charge < -0.3 is 15.0 Å². The van der Waals surface area contributed by atoms with Crippen molar-refractivity contribution in [1.82, 2.24) is 14.7 Å². The van der Waals surface area contributed by atoms with Gasteiger partial charge in [0.1, 0.15) is 0 Å². The minimum Gasteiger partial charge on any atom is -0.381 e. The van der Waals surface area contributed by atoms with Gasteiger partial charge in [0.15, 0.2) is 0 Å². The fourth-order valence-corrected chi connectivity index (χ4v) is 3.83. The molecular formula is C20H26N4O2. The largest absolute Gasteiger partial charge is 0.381 e. The van der Waals surface area contributed by atoms with E-state index in [9.17, 15) is 4.79 Å². The molecule has 2 aromatic rings. The first kappa shape index (κ1) is 17.2. The number of aromatic nitrogens is 2. The smallest absolute Gasteiger partial charge is 0.227 e. The number of nitrogens with one attached hydrogen (secondary N) is 1. The molecule has 1 amide bonds. The summed E-state index contributed by atoms with van der Waals surface area (Å²) in [7, 11) is 0. The third-order valence-corrected chi connectivity index (χ3v) is 5.40. The second-order valence-corrected chi connectivity index (χ2v) is 7.29. The number of hydrogen-bond acceptors (Lipinski definition) is 4. The fraction of sp³-hybridized carbons (Fsp3) is 0.500. The molecule has 2 aliphatic heterocycles. The van der Waals surface area contributed by atoms with Gasteiger partial charge in [-0.3, -0.25) is 4.79 Å². The van der Waals surface area contributed by atoms with E-state index < -0.39 is 0 Å². The van der Waals surface area contributed by atoms with E-state index >= 15 is 0 Å². The zero-order valence-electron chi connectivity index (χ0n) is 15.0. The monoisotopic (exact) mass is 354 g/mol. The van der Waals surface area contributed by atoms with E-state index in [1.807, 2.05) is 36.5 Å². The lowest BCUT2D eigenvalue weighted by Gasteiger charge is -2.32. The normalized spacial score (nSPS) is 21.8. The number of carbonyl (C=O) groups is 1. The van der Waals surface area contributed by atoms with Gasteiger partial charge in [0, 0.05) is 37.2 Å². The number of ether oxygens (including phenoxy) is 1. The lowest BCUT2D eigenvalue weighted by Crippen LogP contribution is -2.40. The number of amides is 1. The van der Waals surface area contributed by atoms with Gasteiger partial charge in [0.2, 0.25) is 5.91 Å². The van der Waals surface area contributed by atoms with Crippen molar-refractivity contribution in [2.75, 3.05) is 38.2 Å². The lowest BCUT2D eigenvalue weighted by atomic mass is 9.95. The number of hydrogen-bond donors (Lipinski definition) is 1.